The largest absolute Gasteiger partial charge is 0.207 e. The first-order chi connectivity index (χ1) is 61.7. The van der Waals surface area contributed by atoms with Crippen LogP contribution in [0.15, 0.2) is 72.8 Å². The molecular weight excluding hydrogens is 1540 g/mol. The first kappa shape index (κ1) is 100. The molecule has 708 valence electrons. The molecule has 0 nitrogen and oxygen atoms in total. The van der Waals surface area contributed by atoms with Gasteiger partial charge < -0.3 is 0 Å². The van der Waals surface area contributed by atoms with Crippen LogP contribution in [0.1, 0.15) is 571 Å². The van der Waals surface area contributed by atoms with Gasteiger partial charge in [0.15, 0.2) is 0 Å². The number of benzene rings is 4. The molecule has 0 amide bonds. The minimum atomic E-state index is 0.0913. The Morgan fingerprint density at radius 3 is 0.540 bits per heavy atom. The lowest BCUT2D eigenvalue weighted by atomic mass is 9.68. The zero-order valence-corrected chi connectivity index (χ0v) is 83.0. The molecule has 4 aromatic rings. The van der Waals surface area contributed by atoms with E-state index in [9.17, 15) is 0 Å². The van der Waals surface area contributed by atoms with E-state index in [-0.39, 0.29) is 23.3 Å². The van der Waals surface area contributed by atoms with Gasteiger partial charge in [0, 0.05) is 0 Å². The highest BCUT2D eigenvalue weighted by atomic mass is 19.1. The molecule has 12 aliphatic carbocycles. The molecule has 0 unspecified atom stereocenters. The third-order valence-electron chi connectivity index (χ3n) is 38.7. The minimum absolute atomic E-state index is 0.0913. The molecule has 0 aromatic heterocycles. The highest BCUT2D eigenvalue weighted by Crippen LogP contribution is 2.53. The summed E-state index contributed by atoms with van der Waals surface area (Å²) in [7, 11) is 0. The Hall–Kier alpha value is -3.40. The zero-order chi connectivity index (χ0) is 87.9. The van der Waals surface area contributed by atoms with E-state index in [4.69, 9.17) is 0 Å². The summed E-state index contributed by atoms with van der Waals surface area (Å²) < 4.78 is 60.6. The van der Waals surface area contributed by atoms with Crippen molar-refractivity contribution in [1.82, 2.24) is 0 Å². The van der Waals surface area contributed by atoms with Crippen LogP contribution in [-0.2, 0) is 0 Å². The van der Waals surface area contributed by atoms with Crippen molar-refractivity contribution < 1.29 is 17.6 Å². The molecule has 0 N–H and O–H groups in total. The van der Waals surface area contributed by atoms with Gasteiger partial charge in [0.25, 0.3) is 0 Å². The summed E-state index contributed by atoms with van der Waals surface area (Å²) in [6.45, 7) is 18.5. The van der Waals surface area contributed by atoms with Gasteiger partial charge in [-0.15, -0.1) is 0 Å². The molecule has 12 fully saturated rings. The highest BCUT2D eigenvalue weighted by Gasteiger charge is 2.39. The van der Waals surface area contributed by atoms with E-state index in [0.29, 0.717) is 47.3 Å². The van der Waals surface area contributed by atoms with Crippen LogP contribution in [0.2, 0.25) is 0 Å². The van der Waals surface area contributed by atoms with E-state index in [0.717, 1.165) is 117 Å². The molecule has 16 rings (SSSR count). The molecule has 0 aliphatic heterocycles. The number of hydrogen-bond donors (Lipinski definition) is 0. The molecule has 0 bridgehead atoms. The molecule has 0 atom stereocenters. The SMILES string of the molecule is CCCC1CCC(C2CCC(c3ccc(C4CCC(CC)CC4)cc3F)CC2)CC1.CCCC1CCC(c2ccc(C3CCC(C4CCC(CCC)CC4)CC3)c(F)c2)CC1.CCCCC1CCC(C2CCC(c3ccc(C4CCC(CCC)CC4)cc3F)CC2)CC1.CCCCCC1CCC(C2CCC(c3ccc(C4CCC(CCC)CC4)cc3F)CC2)CC1. The highest BCUT2D eigenvalue weighted by molar-refractivity contribution is 5.34. The molecule has 126 heavy (non-hydrogen) atoms. The van der Waals surface area contributed by atoms with E-state index in [1.165, 1.54) is 446 Å². The van der Waals surface area contributed by atoms with Gasteiger partial charge in [-0.3, -0.25) is 0 Å². The lowest BCUT2D eigenvalue weighted by molar-refractivity contribution is 0.155. The molecule has 0 radical (unpaired) electrons. The van der Waals surface area contributed by atoms with Crippen molar-refractivity contribution in [2.45, 2.75) is 527 Å². The van der Waals surface area contributed by atoms with Crippen LogP contribution in [0.3, 0.4) is 0 Å². The van der Waals surface area contributed by atoms with Gasteiger partial charge in [0.05, 0.1) is 0 Å². The maximum atomic E-state index is 15.2. The van der Waals surface area contributed by atoms with Crippen LogP contribution in [0.25, 0.3) is 0 Å². The molecule has 0 saturated heterocycles. The van der Waals surface area contributed by atoms with Crippen LogP contribution in [0, 0.1) is 118 Å². The molecule has 0 heterocycles. The van der Waals surface area contributed by atoms with Gasteiger partial charge >= 0.3 is 0 Å². The van der Waals surface area contributed by atoms with Crippen molar-refractivity contribution >= 4 is 0 Å². The van der Waals surface area contributed by atoms with E-state index >= 15 is 17.6 Å². The number of hydrogen-bond acceptors (Lipinski definition) is 0. The van der Waals surface area contributed by atoms with Crippen molar-refractivity contribution in [3.8, 4) is 0 Å². The second kappa shape index (κ2) is 53.0. The Balaban J connectivity index is 0.000000144. The van der Waals surface area contributed by atoms with Crippen LogP contribution in [0.4, 0.5) is 17.6 Å². The average molecular weight is 1730 g/mol. The predicted octanol–water partition coefficient (Wildman–Crippen LogP) is 39.9. The van der Waals surface area contributed by atoms with E-state index in [2.05, 4.69) is 104 Å². The van der Waals surface area contributed by atoms with E-state index in [1.54, 1.807) is 0 Å². The quantitative estimate of drug-likeness (QED) is 0.0361. The summed E-state index contributed by atoms with van der Waals surface area (Å²) in [5.74, 6) is 19.8. The normalized spacial score (nSPS) is 34.2. The lowest BCUT2D eigenvalue weighted by Gasteiger charge is -2.38. The van der Waals surface area contributed by atoms with Crippen LogP contribution < -0.4 is 0 Å². The maximum absolute atomic E-state index is 15.2. The summed E-state index contributed by atoms with van der Waals surface area (Å²) in [5, 5.41) is 0. The van der Waals surface area contributed by atoms with Crippen LogP contribution >= 0.6 is 0 Å². The Kier molecular flexibility index (Phi) is 42.1. The molecular formula is C122H192F4. The van der Waals surface area contributed by atoms with Crippen LogP contribution in [-0.4, -0.2) is 0 Å². The van der Waals surface area contributed by atoms with Crippen molar-refractivity contribution in [3.05, 3.63) is 141 Å². The van der Waals surface area contributed by atoms with Crippen molar-refractivity contribution in [1.29, 1.82) is 0 Å². The summed E-state index contributed by atoms with van der Waals surface area (Å²) >= 11 is 0. The fourth-order valence-corrected chi connectivity index (χ4v) is 30.4. The van der Waals surface area contributed by atoms with Gasteiger partial charge in [0.2, 0.25) is 0 Å². The van der Waals surface area contributed by atoms with Gasteiger partial charge in [-0.25, -0.2) is 17.6 Å². The second-order valence-electron chi connectivity index (χ2n) is 46.6. The monoisotopic (exact) mass is 1730 g/mol. The second-order valence-corrected chi connectivity index (χ2v) is 46.6. The Bertz CT molecular complexity index is 3600. The fourth-order valence-electron chi connectivity index (χ4n) is 30.4. The Morgan fingerprint density at radius 2 is 0.349 bits per heavy atom. The number of rotatable bonds is 30. The summed E-state index contributed by atoms with van der Waals surface area (Å²) in [6, 6.07) is 25.5. The Morgan fingerprint density at radius 1 is 0.175 bits per heavy atom. The zero-order valence-electron chi connectivity index (χ0n) is 83.0. The third-order valence-corrected chi connectivity index (χ3v) is 38.7. The summed E-state index contributed by atoms with van der Waals surface area (Å²) in [5.41, 5.74) is 9.17. The number of unbranched alkanes of at least 4 members (excludes halogenated alkanes) is 3. The van der Waals surface area contributed by atoms with Crippen molar-refractivity contribution in [3.63, 3.8) is 0 Å². The molecule has 12 aliphatic rings. The standard InChI is InChI=1S/C32H51F.C31H49F.C30H47F.C29H45F/c1-3-5-6-8-25-11-13-26(14-12-25)27-17-19-29(20-18-27)31-22-21-30(23-32(31)33)28-15-9-24(7-4-2)10-16-28;1-3-5-7-24-10-12-25(13-11-24)26-16-18-28(19-17-26)30-21-20-29(22-31(30)32)27-14-8-23(6-4-2)9-15-27;1-3-5-22-7-11-24(12-8-22)25-15-17-27(18-16-25)29-20-19-28(21-30(29)31)26-13-9-23(6-4-2)10-14-26;1-3-5-22-8-12-23(13-9-22)24-14-16-26(17-15-24)28-19-18-27(20-29(28)30)25-10-6-21(4-2)7-11-25/h21-29H,3-20H2,1-2H3;20-28H,3-19H2,1-2H3;19-27H,3-18H2,1-2H3;18-26H,3-17H2,1-2H3. The molecule has 0 spiro atoms. The average Bonchev–Trinajstić information content (AvgIpc) is 0.818. The van der Waals surface area contributed by atoms with Gasteiger partial charge in [-0.2, -0.15) is 0 Å². The number of halogens is 4. The summed E-state index contributed by atoms with van der Waals surface area (Å²) in [6.07, 6.45) is 89.4. The molecule has 12 saturated carbocycles. The van der Waals surface area contributed by atoms with E-state index in [1.807, 2.05) is 24.3 Å². The lowest BCUT2D eigenvalue weighted by Crippen LogP contribution is -2.25. The molecule has 4 heteroatoms. The van der Waals surface area contributed by atoms with Gasteiger partial charge in [-0.05, 0) is 468 Å². The van der Waals surface area contributed by atoms with Crippen LogP contribution in [0.5, 0.6) is 0 Å². The fraction of sp³-hybridized carbons (Fsp3) is 0.803. The minimum Gasteiger partial charge on any atom is -0.207 e. The van der Waals surface area contributed by atoms with Crippen molar-refractivity contribution in [2.24, 2.45) is 94.7 Å². The smallest absolute Gasteiger partial charge is 0.126 e. The molecule has 4 aromatic carbocycles. The third kappa shape index (κ3) is 29.3. The van der Waals surface area contributed by atoms with Crippen molar-refractivity contribution in [2.75, 3.05) is 0 Å². The maximum Gasteiger partial charge on any atom is 0.126 e. The van der Waals surface area contributed by atoms with E-state index < -0.39 is 0 Å². The topological polar surface area (TPSA) is 0 Å². The Labute approximate surface area is 774 Å². The first-order valence-corrected chi connectivity index (χ1v) is 56.9. The predicted molar refractivity (Wildman–Crippen MR) is 533 cm³/mol. The summed E-state index contributed by atoms with van der Waals surface area (Å²) in [4.78, 5) is 0. The van der Waals surface area contributed by atoms with Gasteiger partial charge in [0.1, 0.15) is 23.3 Å². The van der Waals surface area contributed by atoms with Gasteiger partial charge in [-0.1, -0.05) is 271 Å². The first-order valence-electron chi connectivity index (χ1n) is 56.9.